The van der Waals surface area contributed by atoms with E-state index in [4.69, 9.17) is 20.8 Å². The molecule has 1 fully saturated rings. The number of hydrogen-bond donors (Lipinski definition) is 0. The molecule has 0 aliphatic carbocycles. The normalized spacial score (nSPS) is 17.3. The first-order valence-electron chi connectivity index (χ1n) is 10.1. The highest BCUT2D eigenvalue weighted by Crippen LogP contribution is 2.44. The van der Waals surface area contributed by atoms with Crippen LogP contribution in [0.3, 0.4) is 0 Å². The average molecular weight is 398 g/mol. The van der Waals surface area contributed by atoms with E-state index in [-0.39, 0.29) is 5.38 Å². The summed E-state index contributed by atoms with van der Waals surface area (Å²) in [6.45, 7) is 10.9. The van der Waals surface area contributed by atoms with Crippen molar-refractivity contribution in [3.63, 3.8) is 0 Å². The number of anilines is 1. The van der Waals surface area contributed by atoms with Gasteiger partial charge in [0, 0.05) is 18.7 Å². The van der Waals surface area contributed by atoms with Crippen LogP contribution in [0.15, 0.2) is 34.7 Å². The fourth-order valence-electron chi connectivity index (χ4n) is 4.34. The Morgan fingerprint density at radius 2 is 1.82 bits per heavy atom. The number of fused-ring (bicyclic) bond motifs is 1. The quantitative estimate of drug-likeness (QED) is 0.473. The van der Waals surface area contributed by atoms with Crippen molar-refractivity contribution in [1.82, 2.24) is 0 Å². The molecule has 1 aliphatic heterocycles. The van der Waals surface area contributed by atoms with Crippen molar-refractivity contribution in [2.75, 3.05) is 18.0 Å². The number of halogens is 1. The molecule has 0 unspecified atom stereocenters. The number of hydrogen-bond acceptors (Lipinski definition) is 3. The lowest BCUT2D eigenvalue weighted by Gasteiger charge is -2.31. The van der Waals surface area contributed by atoms with Gasteiger partial charge < -0.3 is 14.1 Å². The Hall–Kier alpha value is -2.13. The first-order chi connectivity index (χ1) is 13.5. The molecule has 4 rings (SSSR count). The van der Waals surface area contributed by atoms with E-state index in [9.17, 15) is 0 Å². The van der Waals surface area contributed by atoms with Crippen LogP contribution in [0.5, 0.6) is 5.75 Å². The lowest BCUT2D eigenvalue weighted by Crippen LogP contribution is -2.36. The monoisotopic (exact) mass is 397 g/mol. The zero-order valence-electron chi connectivity index (χ0n) is 17.1. The van der Waals surface area contributed by atoms with Gasteiger partial charge in [-0.3, -0.25) is 0 Å². The number of alkyl halides is 1. The molecule has 3 aromatic rings. The van der Waals surface area contributed by atoms with Crippen LogP contribution in [-0.4, -0.2) is 18.5 Å². The zero-order valence-corrected chi connectivity index (χ0v) is 17.9. The van der Waals surface area contributed by atoms with Gasteiger partial charge in [-0.1, -0.05) is 30.3 Å². The fourth-order valence-corrected chi connectivity index (χ4v) is 4.66. The third kappa shape index (κ3) is 3.37. The van der Waals surface area contributed by atoms with Gasteiger partial charge in [-0.15, -0.1) is 11.6 Å². The largest absolute Gasteiger partial charge is 0.488 e. The van der Waals surface area contributed by atoms with Crippen LogP contribution in [0.1, 0.15) is 40.9 Å². The van der Waals surface area contributed by atoms with Crippen molar-refractivity contribution < 1.29 is 9.15 Å². The van der Waals surface area contributed by atoms with Gasteiger partial charge in [-0.25, -0.2) is 0 Å². The molecule has 28 heavy (non-hydrogen) atoms. The predicted molar refractivity (Wildman–Crippen MR) is 117 cm³/mol. The van der Waals surface area contributed by atoms with Gasteiger partial charge in [-0.05, 0) is 57.2 Å². The van der Waals surface area contributed by atoms with E-state index < -0.39 is 0 Å². The molecule has 0 radical (unpaired) electrons. The van der Waals surface area contributed by atoms with Crippen molar-refractivity contribution in [3.05, 3.63) is 58.3 Å². The second-order valence-corrected chi connectivity index (χ2v) is 8.49. The second-order valence-electron chi connectivity index (χ2n) is 7.87. The van der Waals surface area contributed by atoms with Gasteiger partial charge in [0.2, 0.25) is 0 Å². The Morgan fingerprint density at radius 1 is 1.07 bits per heavy atom. The van der Waals surface area contributed by atoms with E-state index in [1.54, 1.807) is 0 Å². The molecule has 1 aliphatic rings. The van der Waals surface area contributed by atoms with E-state index >= 15 is 0 Å². The molecule has 2 heterocycles. The number of nitrogens with zero attached hydrogens (tertiary/aromatic N) is 1. The van der Waals surface area contributed by atoms with Crippen LogP contribution in [0.25, 0.3) is 11.0 Å². The molecular weight excluding hydrogens is 370 g/mol. The van der Waals surface area contributed by atoms with Gasteiger partial charge >= 0.3 is 0 Å². The fraction of sp³-hybridized carbons (Fsp3) is 0.417. The van der Waals surface area contributed by atoms with E-state index in [1.807, 2.05) is 18.2 Å². The van der Waals surface area contributed by atoms with Crippen LogP contribution in [0.4, 0.5) is 5.69 Å². The molecule has 0 spiro atoms. The average Bonchev–Trinajstić information content (AvgIpc) is 3.04. The lowest BCUT2D eigenvalue weighted by atomic mass is 9.98. The molecule has 0 amide bonds. The summed E-state index contributed by atoms with van der Waals surface area (Å²) in [5, 5.41) is 1.37. The first kappa shape index (κ1) is 19.2. The van der Waals surface area contributed by atoms with Crippen molar-refractivity contribution in [3.8, 4) is 5.75 Å². The molecule has 2 aromatic carbocycles. The van der Waals surface area contributed by atoms with Gasteiger partial charge in [-0.2, -0.15) is 0 Å². The number of furan rings is 1. The number of benzene rings is 2. The maximum absolute atomic E-state index is 6.48. The summed E-state index contributed by atoms with van der Waals surface area (Å²) in [6.07, 6.45) is 2.19. The summed E-state index contributed by atoms with van der Waals surface area (Å²) < 4.78 is 12.6. The molecule has 0 saturated carbocycles. The summed E-state index contributed by atoms with van der Waals surface area (Å²) in [6, 6.07) is 10.3. The van der Waals surface area contributed by atoms with E-state index in [0.717, 1.165) is 59.7 Å². The molecular formula is C24H28ClNO2. The van der Waals surface area contributed by atoms with E-state index in [0.29, 0.717) is 6.61 Å². The highest BCUT2D eigenvalue weighted by atomic mass is 35.5. The minimum atomic E-state index is 0.193. The SMILES string of the molecule is Cc1oc2c(C)c(C)c(OCc3ccccc3)c(C)c2c1N1CCC[C@@H](Cl)C1. The van der Waals surface area contributed by atoms with Crippen molar-refractivity contribution >= 4 is 28.3 Å². The van der Waals surface area contributed by atoms with Gasteiger partial charge in [0.15, 0.2) is 0 Å². The van der Waals surface area contributed by atoms with Crippen LogP contribution in [0.2, 0.25) is 0 Å². The summed E-state index contributed by atoms with van der Waals surface area (Å²) >= 11 is 6.48. The number of ether oxygens (including phenoxy) is 1. The summed E-state index contributed by atoms with van der Waals surface area (Å²) in [5.74, 6) is 1.93. The van der Waals surface area contributed by atoms with E-state index in [2.05, 4.69) is 44.7 Å². The molecule has 0 bridgehead atoms. The summed E-state index contributed by atoms with van der Waals surface area (Å²) in [4.78, 5) is 2.39. The van der Waals surface area contributed by atoms with Crippen LogP contribution >= 0.6 is 11.6 Å². The topological polar surface area (TPSA) is 25.6 Å². The van der Waals surface area contributed by atoms with Crippen molar-refractivity contribution in [2.45, 2.75) is 52.5 Å². The minimum absolute atomic E-state index is 0.193. The maximum Gasteiger partial charge on any atom is 0.140 e. The second kappa shape index (κ2) is 7.71. The number of aryl methyl sites for hydroxylation is 3. The van der Waals surface area contributed by atoms with Crippen molar-refractivity contribution in [2.24, 2.45) is 0 Å². The molecule has 148 valence electrons. The van der Waals surface area contributed by atoms with Crippen LogP contribution in [-0.2, 0) is 6.61 Å². The predicted octanol–water partition coefficient (Wildman–Crippen LogP) is 6.45. The third-order valence-electron chi connectivity index (χ3n) is 5.92. The third-order valence-corrected chi connectivity index (χ3v) is 6.27. The summed E-state index contributed by atoms with van der Waals surface area (Å²) in [5.41, 5.74) is 6.78. The highest BCUT2D eigenvalue weighted by Gasteiger charge is 2.27. The number of piperidine rings is 1. The van der Waals surface area contributed by atoms with Crippen LogP contribution < -0.4 is 9.64 Å². The Kier molecular flexibility index (Phi) is 5.29. The molecule has 1 atom stereocenters. The van der Waals surface area contributed by atoms with Gasteiger partial charge in [0.1, 0.15) is 23.7 Å². The first-order valence-corrected chi connectivity index (χ1v) is 10.5. The van der Waals surface area contributed by atoms with E-state index in [1.165, 1.54) is 16.6 Å². The molecule has 4 heteroatoms. The molecule has 1 saturated heterocycles. The summed E-state index contributed by atoms with van der Waals surface area (Å²) in [7, 11) is 0. The number of rotatable bonds is 4. The Bertz CT molecular complexity index is 993. The minimum Gasteiger partial charge on any atom is -0.488 e. The highest BCUT2D eigenvalue weighted by molar-refractivity contribution is 6.21. The lowest BCUT2D eigenvalue weighted by molar-refractivity contribution is 0.302. The Balaban J connectivity index is 1.79. The maximum atomic E-state index is 6.48. The van der Waals surface area contributed by atoms with Crippen LogP contribution in [0, 0.1) is 27.7 Å². The van der Waals surface area contributed by atoms with Crippen molar-refractivity contribution in [1.29, 1.82) is 0 Å². The molecule has 1 aromatic heterocycles. The standard InChI is InChI=1S/C24H28ClNO2/c1-15-16(2)24-21(17(3)23(15)27-14-19-9-6-5-7-10-19)22(18(4)28-24)26-12-8-11-20(25)13-26/h5-7,9-10,20H,8,11-14H2,1-4H3/t20-/m1/s1. The van der Waals surface area contributed by atoms with Gasteiger partial charge in [0.05, 0.1) is 16.5 Å². The molecule has 3 nitrogen and oxygen atoms in total. The van der Waals surface area contributed by atoms with Gasteiger partial charge in [0.25, 0.3) is 0 Å². The Morgan fingerprint density at radius 3 is 2.54 bits per heavy atom. The zero-order chi connectivity index (χ0) is 19.8. The Labute approximate surface area is 172 Å². The smallest absolute Gasteiger partial charge is 0.140 e. The molecule has 0 N–H and O–H groups in total.